The molecule has 1 aliphatic carbocycles. The minimum atomic E-state index is 0.486. The molecule has 1 heterocycles. The van der Waals surface area contributed by atoms with Crippen LogP contribution in [0.3, 0.4) is 0 Å². The second-order valence-electron chi connectivity index (χ2n) is 4.71. The highest BCUT2D eigenvalue weighted by molar-refractivity contribution is 5.18. The normalized spacial score (nSPS) is 22.3. The number of hydrogen-bond donors (Lipinski definition) is 0. The van der Waals surface area contributed by atoms with E-state index in [9.17, 15) is 0 Å². The standard InChI is InChI=1S/C14H20N2/c1-16(2)14(12-6-4-3-5-7-12)13-8-10-15-11-9-13/h4,6,8-12,14H,3,5,7H2,1-2H3. The lowest BCUT2D eigenvalue weighted by Gasteiger charge is -2.32. The molecule has 2 unspecified atom stereocenters. The zero-order valence-corrected chi connectivity index (χ0v) is 10.1. The monoisotopic (exact) mass is 216 g/mol. The molecule has 86 valence electrons. The van der Waals surface area contributed by atoms with Gasteiger partial charge in [0.2, 0.25) is 0 Å². The van der Waals surface area contributed by atoms with E-state index in [1.165, 1.54) is 24.8 Å². The van der Waals surface area contributed by atoms with Crippen molar-refractivity contribution in [3.63, 3.8) is 0 Å². The van der Waals surface area contributed by atoms with E-state index in [4.69, 9.17) is 0 Å². The molecule has 2 nitrogen and oxygen atoms in total. The fourth-order valence-corrected chi connectivity index (χ4v) is 2.59. The molecule has 2 atom stereocenters. The molecular formula is C14H20N2. The first-order valence-electron chi connectivity index (χ1n) is 6.02. The van der Waals surface area contributed by atoms with E-state index in [-0.39, 0.29) is 0 Å². The van der Waals surface area contributed by atoms with Crippen LogP contribution in [0.1, 0.15) is 30.9 Å². The van der Waals surface area contributed by atoms with Gasteiger partial charge in [0.25, 0.3) is 0 Å². The van der Waals surface area contributed by atoms with E-state index in [1.807, 2.05) is 12.4 Å². The fourth-order valence-electron chi connectivity index (χ4n) is 2.59. The van der Waals surface area contributed by atoms with E-state index >= 15 is 0 Å². The van der Waals surface area contributed by atoms with Gasteiger partial charge in [-0.25, -0.2) is 0 Å². The first-order chi connectivity index (χ1) is 7.79. The van der Waals surface area contributed by atoms with Gasteiger partial charge >= 0.3 is 0 Å². The summed E-state index contributed by atoms with van der Waals surface area (Å²) in [7, 11) is 4.32. The molecule has 0 bridgehead atoms. The number of nitrogens with zero attached hydrogens (tertiary/aromatic N) is 2. The molecule has 2 rings (SSSR count). The van der Waals surface area contributed by atoms with Gasteiger partial charge in [-0.1, -0.05) is 12.2 Å². The minimum absolute atomic E-state index is 0.486. The van der Waals surface area contributed by atoms with E-state index in [0.29, 0.717) is 12.0 Å². The largest absolute Gasteiger partial charge is 0.302 e. The van der Waals surface area contributed by atoms with Crippen molar-refractivity contribution in [2.24, 2.45) is 5.92 Å². The molecule has 0 amide bonds. The van der Waals surface area contributed by atoms with Crippen molar-refractivity contribution in [3.05, 3.63) is 42.2 Å². The third-order valence-corrected chi connectivity index (χ3v) is 3.30. The van der Waals surface area contributed by atoms with Gasteiger partial charge in [-0.15, -0.1) is 0 Å². The van der Waals surface area contributed by atoms with E-state index < -0.39 is 0 Å². The van der Waals surface area contributed by atoms with Gasteiger partial charge in [-0.2, -0.15) is 0 Å². The van der Waals surface area contributed by atoms with Crippen LogP contribution in [0.2, 0.25) is 0 Å². The minimum Gasteiger partial charge on any atom is -0.302 e. The topological polar surface area (TPSA) is 16.1 Å². The summed E-state index contributed by atoms with van der Waals surface area (Å²) in [5.74, 6) is 0.645. The van der Waals surface area contributed by atoms with Crippen LogP contribution in [0.5, 0.6) is 0 Å². The Labute approximate surface area is 98.0 Å². The van der Waals surface area contributed by atoms with Gasteiger partial charge in [0, 0.05) is 18.4 Å². The Morgan fingerprint density at radius 3 is 2.62 bits per heavy atom. The first-order valence-corrected chi connectivity index (χ1v) is 6.02. The van der Waals surface area contributed by atoms with Gasteiger partial charge in [0.1, 0.15) is 0 Å². The smallest absolute Gasteiger partial charge is 0.0405 e. The summed E-state index contributed by atoms with van der Waals surface area (Å²) in [6.45, 7) is 0. The Morgan fingerprint density at radius 1 is 1.31 bits per heavy atom. The molecule has 1 aromatic rings. The highest BCUT2D eigenvalue weighted by Crippen LogP contribution is 2.33. The van der Waals surface area contributed by atoms with Crippen LogP contribution in [0.4, 0.5) is 0 Å². The maximum absolute atomic E-state index is 4.10. The van der Waals surface area contributed by atoms with Crippen molar-refractivity contribution in [2.75, 3.05) is 14.1 Å². The molecule has 0 fully saturated rings. The third kappa shape index (κ3) is 2.50. The Balaban J connectivity index is 2.23. The summed E-state index contributed by atoms with van der Waals surface area (Å²) in [6, 6.07) is 4.75. The SMILES string of the molecule is CN(C)C(c1ccncc1)C1C=CCCC1. The molecule has 0 aliphatic heterocycles. The lowest BCUT2D eigenvalue weighted by atomic mass is 9.85. The van der Waals surface area contributed by atoms with Crippen LogP contribution in [-0.4, -0.2) is 24.0 Å². The van der Waals surface area contributed by atoms with Gasteiger partial charge < -0.3 is 4.90 Å². The maximum atomic E-state index is 4.10. The fraction of sp³-hybridized carbons (Fsp3) is 0.500. The zero-order chi connectivity index (χ0) is 11.4. The molecule has 0 saturated carbocycles. The van der Waals surface area contributed by atoms with E-state index in [0.717, 1.165) is 0 Å². The lowest BCUT2D eigenvalue weighted by Crippen LogP contribution is -2.27. The Morgan fingerprint density at radius 2 is 2.06 bits per heavy atom. The second kappa shape index (κ2) is 5.26. The van der Waals surface area contributed by atoms with Crippen LogP contribution in [0, 0.1) is 5.92 Å². The summed E-state index contributed by atoms with van der Waals surface area (Å²) < 4.78 is 0. The number of allylic oxidation sites excluding steroid dienone is 1. The predicted octanol–water partition coefficient (Wildman–Crippen LogP) is 3.04. The Kier molecular flexibility index (Phi) is 3.73. The molecule has 0 aromatic carbocycles. The molecule has 0 saturated heterocycles. The molecular weight excluding hydrogens is 196 g/mol. The van der Waals surface area contributed by atoms with Crippen molar-refractivity contribution in [2.45, 2.75) is 25.3 Å². The third-order valence-electron chi connectivity index (χ3n) is 3.30. The number of pyridine rings is 1. The maximum Gasteiger partial charge on any atom is 0.0405 e. The summed E-state index contributed by atoms with van der Waals surface area (Å²) in [5, 5.41) is 0. The predicted molar refractivity (Wildman–Crippen MR) is 67.1 cm³/mol. The quantitative estimate of drug-likeness (QED) is 0.722. The average Bonchev–Trinajstić information content (AvgIpc) is 2.31. The van der Waals surface area contributed by atoms with E-state index in [2.05, 4.69) is 48.3 Å². The zero-order valence-electron chi connectivity index (χ0n) is 10.1. The highest BCUT2D eigenvalue weighted by Gasteiger charge is 2.23. The molecule has 0 N–H and O–H groups in total. The second-order valence-corrected chi connectivity index (χ2v) is 4.71. The Hall–Kier alpha value is -1.15. The number of aromatic nitrogens is 1. The van der Waals surface area contributed by atoms with Crippen molar-refractivity contribution in [3.8, 4) is 0 Å². The molecule has 1 aliphatic rings. The van der Waals surface area contributed by atoms with Crippen LogP contribution in [0.15, 0.2) is 36.7 Å². The molecule has 0 radical (unpaired) electrons. The van der Waals surface area contributed by atoms with Crippen LogP contribution < -0.4 is 0 Å². The molecule has 0 spiro atoms. The molecule has 1 aromatic heterocycles. The average molecular weight is 216 g/mol. The van der Waals surface area contributed by atoms with Crippen molar-refractivity contribution < 1.29 is 0 Å². The summed E-state index contributed by atoms with van der Waals surface area (Å²) in [6.07, 6.45) is 12.3. The Bertz CT molecular complexity index is 343. The highest BCUT2D eigenvalue weighted by atomic mass is 15.1. The summed E-state index contributed by atoms with van der Waals surface area (Å²) >= 11 is 0. The van der Waals surface area contributed by atoms with Gasteiger partial charge in [-0.05, 0) is 57.0 Å². The van der Waals surface area contributed by atoms with E-state index in [1.54, 1.807) is 0 Å². The van der Waals surface area contributed by atoms with Gasteiger partial charge in [0.05, 0.1) is 0 Å². The van der Waals surface area contributed by atoms with Gasteiger partial charge in [-0.3, -0.25) is 4.98 Å². The van der Waals surface area contributed by atoms with Gasteiger partial charge in [0.15, 0.2) is 0 Å². The first kappa shape index (κ1) is 11.3. The summed E-state index contributed by atoms with van der Waals surface area (Å²) in [5.41, 5.74) is 1.37. The van der Waals surface area contributed by atoms with Crippen LogP contribution >= 0.6 is 0 Å². The number of hydrogen-bond acceptors (Lipinski definition) is 2. The molecule has 16 heavy (non-hydrogen) atoms. The van der Waals surface area contributed by atoms with Crippen molar-refractivity contribution in [1.29, 1.82) is 0 Å². The molecule has 2 heteroatoms. The van der Waals surface area contributed by atoms with Crippen molar-refractivity contribution >= 4 is 0 Å². The van der Waals surface area contributed by atoms with Crippen LogP contribution in [0.25, 0.3) is 0 Å². The van der Waals surface area contributed by atoms with Crippen LogP contribution in [-0.2, 0) is 0 Å². The number of rotatable bonds is 3. The lowest BCUT2D eigenvalue weighted by molar-refractivity contribution is 0.227. The van der Waals surface area contributed by atoms with Crippen molar-refractivity contribution in [1.82, 2.24) is 9.88 Å². The summed E-state index contributed by atoms with van der Waals surface area (Å²) in [4.78, 5) is 6.41.